The molecule has 7 nitrogen and oxygen atoms in total. The molecule has 0 bridgehead atoms. The fourth-order valence-electron chi connectivity index (χ4n) is 4.22. The summed E-state index contributed by atoms with van der Waals surface area (Å²) in [5.41, 5.74) is 0.301. The molecule has 1 aliphatic rings. The number of aryl methyl sites for hydroxylation is 1. The van der Waals surface area contributed by atoms with Crippen LogP contribution in [0.25, 0.3) is 22.2 Å². The number of rotatable bonds is 5. The number of benzene rings is 2. The minimum absolute atomic E-state index is 0.122. The van der Waals surface area contributed by atoms with E-state index in [1.807, 2.05) is 0 Å². The predicted octanol–water partition coefficient (Wildman–Crippen LogP) is 5.50. The molecular weight excluding hydrogens is 464 g/mol. The number of fused-ring (bicyclic) bond motifs is 3. The third kappa shape index (κ3) is 4.56. The minimum Gasteiger partial charge on any atom is -0.420 e. The second-order valence-corrected chi connectivity index (χ2v) is 8.77. The summed E-state index contributed by atoms with van der Waals surface area (Å²) in [4.78, 5) is 26.2. The van der Waals surface area contributed by atoms with Crippen LogP contribution in [-0.4, -0.2) is 31.0 Å². The average Bonchev–Trinajstić information content (AvgIpc) is 3.17. The van der Waals surface area contributed by atoms with Gasteiger partial charge >= 0.3 is 5.57 Å². The molecule has 1 aliphatic heterocycles. The highest BCUT2D eigenvalue weighted by Crippen LogP contribution is 2.34. The predicted molar refractivity (Wildman–Crippen MR) is 124 cm³/mol. The van der Waals surface area contributed by atoms with Crippen LogP contribution in [0.3, 0.4) is 0 Å². The maximum atomic E-state index is 13.1. The van der Waals surface area contributed by atoms with Crippen molar-refractivity contribution >= 4 is 34.2 Å². The van der Waals surface area contributed by atoms with Crippen LogP contribution in [0.4, 0.5) is 14.5 Å². The maximum absolute atomic E-state index is 13.1. The summed E-state index contributed by atoms with van der Waals surface area (Å²) in [5.74, 6) is 1.04. The summed E-state index contributed by atoms with van der Waals surface area (Å²) in [5, 5.41) is 2.78. The molecule has 0 radical (unpaired) electrons. The van der Waals surface area contributed by atoms with Crippen molar-refractivity contribution < 1.29 is 18.3 Å². The van der Waals surface area contributed by atoms with E-state index < -0.39 is 5.57 Å². The number of carbonyl (C=O) groups excluding carboxylic acids is 1. The molecule has 1 atom stereocenters. The number of aromatic nitrogens is 4. The first-order valence-corrected chi connectivity index (χ1v) is 11.1. The van der Waals surface area contributed by atoms with Crippen molar-refractivity contribution in [2.24, 2.45) is 5.92 Å². The van der Waals surface area contributed by atoms with Gasteiger partial charge in [-0.15, -0.1) is 8.78 Å². The van der Waals surface area contributed by atoms with E-state index in [0.29, 0.717) is 17.2 Å². The number of amides is 1. The zero-order chi connectivity index (χ0) is 23.9. The van der Waals surface area contributed by atoms with Gasteiger partial charge in [0.15, 0.2) is 0 Å². The Labute approximate surface area is 198 Å². The number of alkyl halides is 3. The van der Waals surface area contributed by atoms with Crippen LogP contribution in [0.2, 0.25) is 0 Å². The standard InChI is InChI=1S/C24H20ClF2N5O2/c1-14-2-7-21-31-20-9-15(8-19(22(20)32(21)12-14)16-10-28-13-29-11-16)23(33)30-17-3-5-18(6-4-17)34-24(25,26)27/h3-6,8-11,13-14H,2,7,12H2,1H3,(H,30,33)/t14-/m0/s1. The van der Waals surface area contributed by atoms with Crippen LogP contribution in [0, 0.1) is 5.92 Å². The molecule has 0 saturated carbocycles. The molecule has 1 N–H and O–H groups in total. The van der Waals surface area contributed by atoms with Crippen molar-refractivity contribution in [2.45, 2.75) is 31.9 Å². The number of hydrogen-bond acceptors (Lipinski definition) is 5. The Morgan fingerprint density at radius 3 is 2.65 bits per heavy atom. The number of anilines is 1. The van der Waals surface area contributed by atoms with E-state index in [4.69, 9.17) is 16.6 Å². The van der Waals surface area contributed by atoms with E-state index in [-0.39, 0.29) is 11.7 Å². The molecule has 0 spiro atoms. The summed E-state index contributed by atoms with van der Waals surface area (Å²) in [6.07, 6.45) is 6.81. The Hall–Kier alpha value is -3.59. The fourth-order valence-corrected chi connectivity index (χ4v) is 4.30. The summed E-state index contributed by atoms with van der Waals surface area (Å²) >= 11 is 4.79. The number of nitrogens with zero attached hydrogens (tertiary/aromatic N) is 4. The molecule has 0 unspecified atom stereocenters. The van der Waals surface area contributed by atoms with Gasteiger partial charge in [-0.1, -0.05) is 6.92 Å². The third-order valence-electron chi connectivity index (χ3n) is 5.76. The topological polar surface area (TPSA) is 81.9 Å². The number of imidazole rings is 1. The van der Waals surface area contributed by atoms with Gasteiger partial charge in [-0.3, -0.25) is 4.79 Å². The molecule has 0 aliphatic carbocycles. The highest BCUT2D eigenvalue weighted by atomic mass is 35.5. The SMILES string of the molecule is C[C@H]1CCc2nc3cc(C(=O)Nc4ccc(OC(F)(F)Cl)cc4)cc(-c4cncnc4)c3n2C1. The van der Waals surface area contributed by atoms with E-state index >= 15 is 0 Å². The van der Waals surface area contributed by atoms with Crippen LogP contribution >= 0.6 is 11.6 Å². The quantitative estimate of drug-likeness (QED) is 0.379. The molecule has 34 heavy (non-hydrogen) atoms. The van der Waals surface area contributed by atoms with Gasteiger partial charge < -0.3 is 14.6 Å². The van der Waals surface area contributed by atoms with Gasteiger partial charge in [0, 0.05) is 59.3 Å². The van der Waals surface area contributed by atoms with Gasteiger partial charge in [-0.05, 0) is 48.7 Å². The van der Waals surface area contributed by atoms with Gasteiger partial charge in [-0.25, -0.2) is 15.0 Å². The molecule has 0 saturated heterocycles. The smallest absolute Gasteiger partial charge is 0.420 e. The molecule has 0 fully saturated rings. The first-order valence-electron chi connectivity index (χ1n) is 10.7. The lowest BCUT2D eigenvalue weighted by Gasteiger charge is -2.21. The van der Waals surface area contributed by atoms with Crippen molar-refractivity contribution in [3.63, 3.8) is 0 Å². The van der Waals surface area contributed by atoms with E-state index in [1.54, 1.807) is 24.5 Å². The lowest BCUT2D eigenvalue weighted by atomic mass is 10.00. The van der Waals surface area contributed by atoms with E-state index in [9.17, 15) is 13.6 Å². The van der Waals surface area contributed by atoms with Crippen molar-refractivity contribution in [1.82, 2.24) is 19.5 Å². The van der Waals surface area contributed by atoms with Crippen LogP contribution in [-0.2, 0) is 13.0 Å². The summed E-state index contributed by atoms with van der Waals surface area (Å²) < 4.78 is 32.1. The largest absolute Gasteiger partial charge is 0.487 e. The van der Waals surface area contributed by atoms with Crippen molar-refractivity contribution in [3.05, 3.63) is 66.5 Å². The Bertz CT molecular complexity index is 1350. The molecule has 4 aromatic rings. The van der Waals surface area contributed by atoms with Crippen LogP contribution in [0.5, 0.6) is 5.75 Å². The summed E-state index contributed by atoms with van der Waals surface area (Å²) in [6, 6.07) is 9.07. The van der Waals surface area contributed by atoms with Crippen LogP contribution in [0.15, 0.2) is 55.1 Å². The van der Waals surface area contributed by atoms with Gasteiger partial charge in [0.2, 0.25) is 0 Å². The highest BCUT2D eigenvalue weighted by molar-refractivity contribution is 6.20. The molecule has 2 aromatic heterocycles. The van der Waals surface area contributed by atoms with E-state index in [0.717, 1.165) is 47.4 Å². The van der Waals surface area contributed by atoms with Crippen molar-refractivity contribution in [3.8, 4) is 16.9 Å². The maximum Gasteiger partial charge on any atom is 0.487 e. The molecule has 1 amide bonds. The molecular formula is C24H20ClF2N5O2. The van der Waals surface area contributed by atoms with Gasteiger partial charge in [0.05, 0.1) is 11.0 Å². The molecule has 174 valence electrons. The molecule has 5 rings (SSSR count). The minimum atomic E-state index is -3.81. The van der Waals surface area contributed by atoms with Crippen LogP contribution in [0.1, 0.15) is 29.5 Å². The second kappa shape index (κ2) is 8.64. The van der Waals surface area contributed by atoms with Gasteiger partial charge in [-0.2, -0.15) is 0 Å². The van der Waals surface area contributed by atoms with Crippen molar-refractivity contribution in [1.29, 1.82) is 0 Å². The summed E-state index contributed by atoms with van der Waals surface area (Å²) in [7, 11) is 0. The molecule has 3 heterocycles. The Morgan fingerprint density at radius 2 is 1.94 bits per heavy atom. The van der Waals surface area contributed by atoms with Gasteiger partial charge in [0.25, 0.3) is 5.91 Å². The average molecular weight is 484 g/mol. The molecule has 10 heteroatoms. The van der Waals surface area contributed by atoms with E-state index in [2.05, 4.69) is 31.5 Å². The zero-order valence-electron chi connectivity index (χ0n) is 18.1. The lowest BCUT2D eigenvalue weighted by molar-refractivity contribution is -0.0964. The number of carbonyl (C=O) groups is 1. The third-order valence-corrected chi connectivity index (χ3v) is 5.83. The number of ether oxygens (including phenoxy) is 1. The zero-order valence-corrected chi connectivity index (χ0v) is 18.9. The Morgan fingerprint density at radius 1 is 1.21 bits per heavy atom. The number of halogens is 3. The number of nitrogens with one attached hydrogen (secondary N) is 1. The highest BCUT2D eigenvalue weighted by Gasteiger charge is 2.27. The fraction of sp³-hybridized carbons (Fsp3) is 0.250. The summed E-state index contributed by atoms with van der Waals surface area (Å²) in [6.45, 7) is 3.07. The Balaban J connectivity index is 1.51. The molecule has 2 aromatic carbocycles. The second-order valence-electron chi connectivity index (χ2n) is 8.33. The normalized spacial score (nSPS) is 15.7. The van der Waals surface area contributed by atoms with Crippen molar-refractivity contribution in [2.75, 3.05) is 5.32 Å². The Kier molecular flexibility index (Phi) is 5.65. The lowest BCUT2D eigenvalue weighted by Crippen LogP contribution is -2.18. The van der Waals surface area contributed by atoms with E-state index in [1.165, 1.54) is 30.6 Å². The number of hydrogen-bond donors (Lipinski definition) is 1. The first kappa shape index (κ1) is 22.2. The monoisotopic (exact) mass is 483 g/mol. The van der Waals surface area contributed by atoms with Gasteiger partial charge in [0.1, 0.15) is 17.9 Å². The first-order chi connectivity index (χ1) is 16.3. The van der Waals surface area contributed by atoms with Crippen LogP contribution < -0.4 is 10.1 Å².